The number of sulfonamides is 1. The van der Waals surface area contributed by atoms with Crippen LogP contribution in [0.25, 0.3) is 0 Å². The van der Waals surface area contributed by atoms with Gasteiger partial charge in [0.15, 0.2) is 0 Å². The third-order valence-corrected chi connectivity index (χ3v) is 7.73. The zero-order chi connectivity index (χ0) is 23.5. The Labute approximate surface area is 191 Å². The second kappa shape index (κ2) is 7.31. The number of rotatable bonds is 4. The average Bonchev–Trinajstić information content (AvgIpc) is 3.23. The number of hydrogen-bond donors (Lipinski definition) is 2. The molecule has 1 atom stereocenters. The van der Waals surface area contributed by atoms with E-state index in [-0.39, 0.29) is 41.5 Å². The van der Waals surface area contributed by atoms with Crippen LogP contribution in [0.2, 0.25) is 0 Å². The summed E-state index contributed by atoms with van der Waals surface area (Å²) in [7, 11) is -3.87. The highest BCUT2D eigenvalue weighted by Gasteiger charge is 2.39. The van der Waals surface area contributed by atoms with E-state index in [0.29, 0.717) is 29.2 Å². The summed E-state index contributed by atoms with van der Waals surface area (Å²) in [4.78, 5) is 38.0. The van der Waals surface area contributed by atoms with Crippen LogP contribution < -0.4 is 14.8 Å². The molecular weight excluding hydrogens is 446 g/mol. The first-order valence-electron chi connectivity index (χ1n) is 10.6. The van der Waals surface area contributed by atoms with Gasteiger partial charge < -0.3 is 9.64 Å². The van der Waals surface area contributed by atoms with Crippen molar-refractivity contribution in [3.8, 4) is 5.75 Å². The Kier molecular flexibility index (Phi) is 4.75. The number of fused-ring (bicyclic) bond motifs is 2. The molecule has 3 heterocycles. The van der Waals surface area contributed by atoms with Crippen LogP contribution in [0.1, 0.15) is 48.2 Å². The second-order valence-corrected chi connectivity index (χ2v) is 10.9. The molecule has 1 fully saturated rings. The van der Waals surface area contributed by atoms with Crippen molar-refractivity contribution in [3.63, 3.8) is 0 Å². The Morgan fingerprint density at radius 2 is 1.91 bits per heavy atom. The SMILES string of the molecule is CC1(C)COc2ccc(S(=O)(=O)Nc3ccc4c(c3)CN(C3CCC(=O)NC3=O)C4=O)cc21. The van der Waals surface area contributed by atoms with Crippen molar-refractivity contribution in [1.82, 2.24) is 10.2 Å². The van der Waals surface area contributed by atoms with Crippen molar-refractivity contribution < 1.29 is 27.5 Å². The summed E-state index contributed by atoms with van der Waals surface area (Å²) in [5.74, 6) is -0.464. The van der Waals surface area contributed by atoms with Crippen molar-refractivity contribution in [1.29, 1.82) is 0 Å². The monoisotopic (exact) mass is 469 g/mol. The van der Waals surface area contributed by atoms with Crippen LogP contribution in [0.15, 0.2) is 41.3 Å². The topological polar surface area (TPSA) is 122 Å². The average molecular weight is 470 g/mol. The van der Waals surface area contributed by atoms with E-state index in [1.54, 1.807) is 24.3 Å². The standard InChI is InChI=1S/C23H23N3O6S/c1-23(2)12-32-19-7-4-15(10-17(19)23)33(30,31)25-14-3-5-16-13(9-14)11-26(22(16)29)18-6-8-20(27)24-21(18)28/h3-5,7,9-10,18,25H,6,8,11-12H2,1-2H3,(H,24,27,28). The molecule has 0 spiro atoms. The summed E-state index contributed by atoms with van der Waals surface area (Å²) >= 11 is 0. The number of piperidine rings is 1. The Morgan fingerprint density at radius 1 is 1.12 bits per heavy atom. The van der Waals surface area contributed by atoms with Gasteiger partial charge in [-0.1, -0.05) is 13.8 Å². The predicted octanol–water partition coefficient (Wildman–Crippen LogP) is 1.92. The minimum absolute atomic E-state index is 0.126. The fourth-order valence-corrected chi connectivity index (χ4v) is 5.59. The molecule has 2 N–H and O–H groups in total. The molecule has 172 valence electrons. The highest BCUT2D eigenvalue weighted by atomic mass is 32.2. The minimum Gasteiger partial charge on any atom is -0.492 e. The number of nitrogens with zero attached hydrogens (tertiary/aromatic N) is 1. The van der Waals surface area contributed by atoms with E-state index in [1.165, 1.54) is 17.0 Å². The van der Waals surface area contributed by atoms with E-state index >= 15 is 0 Å². The van der Waals surface area contributed by atoms with Gasteiger partial charge in [0.25, 0.3) is 15.9 Å². The molecule has 0 aromatic heterocycles. The number of benzene rings is 2. The Balaban J connectivity index is 1.38. The second-order valence-electron chi connectivity index (χ2n) is 9.21. The van der Waals surface area contributed by atoms with E-state index in [4.69, 9.17) is 4.74 Å². The summed E-state index contributed by atoms with van der Waals surface area (Å²) in [5, 5.41) is 2.27. The van der Waals surface area contributed by atoms with Gasteiger partial charge in [-0.3, -0.25) is 24.4 Å². The molecule has 9 nitrogen and oxygen atoms in total. The molecule has 3 aliphatic rings. The number of ether oxygens (including phenoxy) is 1. The fourth-order valence-electron chi connectivity index (χ4n) is 4.52. The molecule has 1 unspecified atom stereocenters. The molecular formula is C23H23N3O6S. The number of carbonyl (C=O) groups excluding carboxylic acids is 3. The first-order chi connectivity index (χ1) is 15.5. The number of amides is 3. The molecule has 3 amide bonds. The molecule has 0 aliphatic carbocycles. The molecule has 2 aromatic rings. The quantitative estimate of drug-likeness (QED) is 0.660. The predicted molar refractivity (Wildman–Crippen MR) is 118 cm³/mol. The number of hydrogen-bond acceptors (Lipinski definition) is 6. The molecule has 2 aromatic carbocycles. The van der Waals surface area contributed by atoms with Crippen molar-refractivity contribution in [3.05, 3.63) is 53.1 Å². The van der Waals surface area contributed by atoms with Gasteiger partial charge in [0, 0.05) is 35.2 Å². The van der Waals surface area contributed by atoms with E-state index < -0.39 is 22.0 Å². The van der Waals surface area contributed by atoms with Crippen LogP contribution in [0, 0.1) is 0 Å². The largest absolute Gasteiger partial charge is 0.492 e. The number of anilines is 1. The molecule has 1 saturated heterocycles. The van der Waals surface area contributed by atoms with E-state index in [0.717, 1.165) is 5.56 Å². The van der Waals surface area contributed by atoms with Crippen LogP contribution in [0.5, 0.6) is 5.75 Å². The highest BCUT2D eigenvalue weighted by Crippen LogP contribution is 2.39. The van der Waals surface area contributed by atoms with Crippen molar-refractivity contribution in [2.45, 2.75) is 49.6 Å². The molecule has 10 heteroatoms. The van der Waals surface area contributed by atoms with Crippen molar-refractivity contribution in [2.24, 2.45) is 0 Å². The summed E-state index contributed by atoms with van der Waals surface area (Å²) < 4.78 is 34.3. The third kappa shape index (κ3) is 3.64. The van der Waals surface area contributed by atoms with Crippen molar-refractivity contribution >= 4 is 33.4 Å². The fraction of sp³-hybridized carbons (Fsp3) is 0.348. The van der Waals surface area contributed by atoms with Gasteiger partial charge in [0.05, 0.1) is 11.5 Å². The lowest BCUT2D eigenvalue weighted by atomic mass is 9.87. The van der Waals surface area contributed by atoms with Crippen molar-refractivity contribution in [2.75, 3.05) is 11.3 Å². The lowest BCUT2D eigenvalue weighted by molar-refractivity contribution is -0.136. The van der Waals surface area contributed by atoms with Gasteiger partial charge >= 0.3 is 0 Å². The number of carbonyl (C=O) groups is 3. The van der Waals surface area contributed by atoms with E-state index in [1.807, 2.05) is 13.8 Å². The maximum Gasteiger partial charge on any atom is 0.261 e. The third-order valence-electron chi connectivity index (χ3n) is 6.35. The zero-order valence-corrected chi connectivity index (χ0v) is 19.0. The van der Waals surface area contributed by atoms with Gasteiger partial charge in [-0.25, -0.2) is 8.42 Å². The summed E-state index contributed by atoms with van der Waals surface area (Å²) in [5.41, 5.74) is 1.91. The minimum atomic E-state index is -3.87. The maximum absolute atomic E-state index is 13.0. The lowest BCUT2D eigenvalue weighted by Gasteiger charge is -2.29. The van der Waals surface area contributed by atoms with Gasteiger partial charge in [0.2, 0.25) is 11.8 Å². The first kappa shape index (κ1) is 21.4. The lowest BCUT2D eigenvalue weighted by Crippen LogP contribution is -2.52. The Morgan fingerprint density at radius 3 is 2.67 bits per heavy atom. The van der Waals surface area contributed by atoms with E-state index in [2.05, 4.69) is 10.0 Å². The molecule has 3 aliphatic heterocycles. The van der Waals surface area contributed by atoms with E-state index in [9.17, 15) is 22.8 Å². The molecule has 33 heavy (non-hydrogen) atoms. The summed E-state index contributed by atoms with van der Waals surface area (Å²) in [6.07, 6.45) is 0.437. The molecule has 0 bridgehead atoms. The van der Waals surface area contributed by atoms with Crippen LogP contribution in [-0.4, -0.2) is 43.7 Å². The number of imide groups is 1. The van der Waals surface area contributed by atoms with Gasteiger partial charge in [0.1, 0.15) is 11.8 Å². The highest BCUT2D eigenvalue weighted by molar-refractivity contribution is 7.92. The van der Waals surface area contributed by atoms with Crippen LogP contribution in [-0.2, 0) is 31.6 Å². The Bertz CT molecular complexity index is 1320. The first-order valence-corrected chi connectivity index (χ1v) is 12.1. The van der Waals surface area contributed by atoms with Gasteiger partial charge in [-0.2, -0.15) is 0 Å². The number of nitrogens with one attached hydrogen (secondary N) is 2. The normalized spacial score (nSPS) is 21.3. The molecule has 0 saturated carbocycles. The Hall–Kier alpha value is -3.40. The zero-order valence-electron chi connectivity index (χ0n) is 18.2. The van der Waals surface area contributed by atoms with Gasteiger partial charge in [-0.15, -0.1) is 0 Å². The maximum atomic E-state index is 13.0. The molecule has 5 rings (SSSR count). The van der Waals surface area contributed by atoms with Crippen LogP contribution >= 0.6 is 0 Å². The van der Waals surface area contributed by atoms with Crippen LogP contribution in [0.3, 0.4) is 0 Å². The van der Waals surface area contributed by atoms with Crippen LogP contribution in [0.4, 0.5) is 5.69 Å². The molecule has 0 radical (unpaired) electrons. The van der Waals surface area contributed by atoms with Gasteiger partial charge in [-0.05, 0) is 48.4 Å². The smallest absolute Gasteiger partial charge is 0.261 e. The summed E-state index contributed by atoms with van der Waals surface area (Å²) in [6.45, 7) is 4.64. The summed E-state index contributed by atoms with van der Waals surface area (Å²) in [6, 6.07) is 8.77.